The Morgan fingerprint density at radius 3 is 2.43 bits per heavy atom. The van der Waals surface area contributed by atoms with Crippen molar-refractivity contribution in [1.29, 1.82) is 0 Å². The van der Waals surface area contributed by atoms with Gasteiger partial charge in [-0.15, -0.1) is 0 Å². The lowest BCUT2D eigenvalue weighted by Crippen LogP contribution is -2.32. The molecule has 2 amide bonds. The fourth-order valence-electron chi connectivity index (χ4n) is 2.75. The molecule has 1 heterocycles. The van der Waals surface area contributed by atoms with Crippen molar-refractivity contribution in [3.05, 3.63) is 74.9 Å². The van der Waals surface area contributed by atoms with Gasteiger partial charge in [0.2, 0.25) is 0 Å². The van der Waals surface area contributed by atoms with Crippen LogP contribution in [0.3, 0.4) is 0 Å². The molecule has 0 saturated carbocycles. The Morgan fingerprint density at radius 2 is 1.80 bits per heavy atom. The second-order valence-corrected chi connectivity index (χ2v) is 6.60. The minimum Gasteiger partial charge on any atom is -0.462 e. The Bertz CT molecular complexity index is 1060. The van der Waals surface area contributed by atoms with Crippen LogP contribution in [0.25, 0.3) is 0 Å². The summed E-state index contributed by atoms with van der Waals surface area (Å²) in [5, 5.41) is 13.6. The number of para-hydroxylation sites is 2. The molecule has 0 unspecified atom stereocenters. The SMILES string of the molecule is CCCOC(=O)c1ccc(NC2=C(Cl)C(=O)N(c3ccccc3[N+](=O)[O-])C2=O)cc1. The summed E-state index contributed by atoms with van der Waals surface area (Å²) in [6, 6.07) is 11.4. The Morgan fingerprint density at radius 1 is 1.13 bits per heavy atom. The first-order chi connectivity index (χ1) is 14.3. The molecule has 2 aromatic carbocycles. The molecule has 1 N–H and O–H groups in total. The monoisotopic (exact) mass is 429 g/mol. The molecule has 0 fully saturated rings. The smallest absolute Gasteiger partial charge is 0.338 e. The third kappa shape index (κ3) is 4.01. The standard InChI is InChI=1S/C20H16ClN3O6/c1-2-11-30-20(27)12-7-9-13(10-8-12)22-17-16(21)18(25)23(19(17)26)14-5-3-4-6-15(14)24(28)29/h3-10,22H,2,11H2,1H3. The van der Waals surface area contributed by atoms with Crippen LogP contribution in [0, 0.1) is 10.1 Å². The molecule has 0 atom stereocenters. The predicted molar refractivity (Wildman–Crippen MR) is 109 cm³/mol. The highest BCUT2D eigenvalue weighted by Gasteiger charge is 2.41. The zero-order valence-electron chi connectivity index (χ0n) is 15.8. The van der Waals surface area contributed by atoms with E-state index in [1.165, 1.54) is 48.5 Å². The zero-order valence-corrected chi connectivity index (χ0v) is 16.5. The number of ether oxygens (including phenoxy) is 1. The molecule has 0 spiro atoms. The second kappa shape index (κ2) is 8.75. The Hall–Kier alpha value is -3.72. The predicted octanol–water partition coefficient (Wildman–Crippen LogP) is 3.60. The van der Waals surface area contributed by atoms with Crippen molar-refractivity contribution in [2.45, 2.75) is 13.3 Å². The maximum atomic E-state index is 12.8. The number of nitrogens with one attached hydrogen (secondary N) is 1. The average molecular weight is 430 g/mol. The molecule has 0 aliphatic carbocycles. The van der Waals surface area contributed by atoms with Crippen molar-refractivity contribution in [1.82, 2.24) is 0 Å². The summed E-state index contributed by atoms with van der Waals surface area (Å²) in [4.78, 5) is 48.4. The molecule has 1 aliphatic rings. The molecule has 2 aromatic rings. The number of halogens is 1. The lowest BCUT2D eigenvalue weighted by molar-refractivity contribution is -0.384. The highest BCUT2D eigenvalue weighted by atomic mass is 35.5. The van der Waals surface area contributed by atoms with E-state index >= 15 is 0 Å². The van der Waals surface area contributed by atoms with Crippen molar-refractivity contribution < 1.29 is 24.0 Å². The van der Waals surface area contributed by atoms with E-state index in [9.17, 15) is 24.5 Å². The van der Waals surface area contributed by atoms with Gasteiger partial charge >= 0.3 is 5.97 Å². The number of hydrogen-bond acceptors (Lipinski definition) is 7. The van der Waals surface area contributed by atoms with Crippen LogP contribution >= 0.6 is 11.6 Å². The summed E-state index contributed by atoms with van der Waals surface area (Å²) in [6.07, 6.45) is 0.699. The van der Waals surface area contributed by atoms with Crippen molar-refractivity contribution in [2.75, 3.05) is 16.8 Å². The van der Waals surface area contributed by atoms with Gasteiger partial charge in [0, 0.05) is 11.8 Å². The number of benzene rings is 2. The molecule has 0 radical (unpaired) electrons. The van der Waals surface area contributed by atoms with Gasteiger partial charge in [-0.25, -0.2) is 9.69 Å². The number of nitro groups is 1. The van der Waals surface area contributed by atoms with E-state index in [0.29, 0.717) is 29.2 Å². The molecular weight excluding hydrogens is 414 g/mol. The highest BCUT2D eigenvalue weighted by molar-refractivity contribution is 6.53. The highest BCUT2D eigenvalue weighted by Crippen LogP contribution is 2.35. The molecule has 154 valence electrons. The summed E-state index contributed by atoms with van der Waals surface area (Å²) in [6.45, 7) is 2.18. The quantitative estimate of drug-likeness (QED) is 0.309. The summed E-state index contributed by atoms with van der Waals surface area (Å²) < 4.78 is 5.04. The van der Waals surface area contributed by atoms with Gasteiger partial charge in [0.25, 0.3) is 17.5 Å². The molecule has 3 rings (SSSR count). The van der Waals surface area contributed by atoms with E-state index in [-0.39, 0.29) is 11.4 Å². The molecule has 1 aliphatic heterocycles. The van der Waals surface area contributed by atoms with Crippen molar-refractivity contribution in [3.8, 4) is 0 Å². The van der Waals surface area contributed by atoms with E-state index < -0.39 is 33.4 Å². The number of imide groups is 1. The van der Waals surface area contributed by atoms with Gasteiger partial charge in [0.05, 0.1) is 17.1 Å². The van der Waals surface area contributed by atoms with E-state index in [1.54, 1.807) is 0 Å². The van der Waals surface area contributed by atoms with E-state index in [2.05, 4.69) is 5.32 Å². The number of carbonyl (C=O) groups is 3. The van der Waals surface area contributed by atoms with Gasteiger partial charge in [0.15, 0.2) is 0 Å². The van der Waals surface area contributed by atoms with Crippen molar-refractivity contribution in [3.63, 3.8) is 0 Å². The van der Waals surface area contributed by atoms with Gasteiger partial charge in [-0.05, 0) is 36.8 Å². The largest absolute Gasteiger partial charge is 0.462 e. The molecule has 0 aromatic heterocycles. The first kappa shape index (κ1) is 21.0. The van der Waals surface area contributed by atoms with E-state index in [1.807, 2.05) is 6.92 Å². The normalized spacial score (nSPS) is 13.6. The molecule has 10 heteroatoms. The lowest BCUT2D eigenvalue weighted by Gasteiger charge is -2.15. The number of amides is 2. The van der Waals surface area contributed by atoms with Crippen LogP contribution in [-0.4, -0.2) is 29.3 Å². The maximum Gasteiger partial charge on any atom is 0.338 e. The van der Waals surface area contributed by atoms with Crippen LogP contribution < -0.4 is 10.2 Å². The van der Waals surface area contributed by atoms with Crippen LogP contribution in [0.1, 0.15) is 23.7 Å². The van der Waals surface area contributed by atoms with Gasteiger partial charge in [-0.1, -0.05) is 30.7 Å². The Balaban J connectivity index is 1.83. The molecule has 0 saturated heterocycles. The summed E-state index contributed by atoms with van der Waals surface area (Å²) >= 11 is 6.05. The number of carbonyl (C=O) groups excluding carboxylic acids is 3. The van der Waals surface area contributed by atoms with Gasteiger partial charge in [0.1, 0.15) is 16.4 Å². The minimum atomic E-state index is -0.877. The summed E-state index contributed by atoms with van der Waals surface area (Å²) in [7, 11) is 0. The van der Waals surface area contributed by atoms with Crippen LogP contribution in [0.4, 0.5) is 17.1 Å². The molecular formula is C20H16ClN3O6. The third-order valence-corrected chi connectivity index (χ3v) is 4.52. The summed E-state index contributed by atoms with van der Waals surface area (Å²) in [5.41, 5.74) is -0.0901. The van der Waals surface area contributed by atoms with Crippen molar-refractivity contribution >= 4 is 46.4 Å². The minimum absolute atomic E-state index is 0.179. The first-order valence-electron chi connectivity index (χ1n) is 8.91. The van der Waals surface area contributed by atoms with Gasteiger partial charge in [-0.3, -0.25) is 19.7 Å². The number of anilines is 2. The van der Waals surface area contributed by atoms with Gasteiger partial charge < -0.3 is 10.1 Å². The number of esters is 1. The number of hydrogen-bond donors (Lipinski definition) is 1. The van der Waals surface area contributed by atoms with Crippen molar-refractivity contribution in [2.24, 2.45) is 0 Å². The third-order valence-electron chi connectivity index (χ3n) is 4.17. The number of rotatable bonds is 7. The number of nitro benzene ring substituents is 1. The van der Waals surface area contributed by atoms with Crippen LogP contribution in [0.15, 0.2) is 59.3 Å². The maximum absolute atomic E-state index is 12.8. The Kier molecular flexibility index (Phi) is 6.12. The lowest BCUT2D eigenvalue weighted by atomic mass is 10.2. The first-order valence-corrected chi connectivity index (χ1v) is 9.29. The topological polar surface area (TPSA) is 119 Å². The fourth-order valence-corrected chi connectivity index (χ4v) is 2.96. The Labute approximate surface area is 176 Å². The van der Waals surface area contributed by atoms with Crippen LogP contribution in [-0.2, 0) is 14.3 Å². The zero-order chi connectivity index (χ0) is 21.8. The van der Waals surface area contributed by atoms with E-state index in [4.69, 9.17) is 16.3 Å². The average Bonchev–Trinajstić information content (AvgIpc) is 2.95. The van der Waals surface area contributed by atoms with Gasteiger partial charge in [-0.2, -0.15) is 0 Å². The molecule has 30 heavy (non-hydrogen) atoms. The second-order valence-electron chi connectivity index (χ2n) is 6.22. The van der Waals surface area contributed by atoms with Crippen LogP contribution in [0.2, 0.25) is 0 Å². The fraction of sp³-hybridized carbons (Fsp3) is 0.150. The van der Waals surface area contributed by atoms with Crippen LogP contribution in [0.5, 0.6) is 0 Å². The molecule has 9 nitrogen and oxygen atoms in total. The summed E-state index contributed by atoms with van der Waals surface area (Å²) in [5.74, 6) is -2.18. The molecule has 0 bridgehead atoms. The van der Waals surface area contributed by atoms with E-state index in [0.717, 1.165) is 0 Å². The number of nitrogens with zero attached hydrogens (tertiary/aromatic N) is 2.